The molecule has 0 radical (unpaired) electrons. The van der Waals surface area contributed by atoms with Crippen molar-refractivity contribution in [2.24, 2.45) is 0 Å². The lowest BCUT2D eigenvalue weighted by atomic mass is 10.1. The molecule has 0 N–H and O–H groups in total. The summed E-state index contributed by atoms with van der Waals surface area (Å²) in [6.07, 6.45) is 0. The SMILES string of the molecule is C[C@H]1C(=O)N(Cc2cccc(F)c2)CC(=O)N1Cc1cc(Cl)ccc1F. The van der Waals surface area contributed by atoms with E-state index in [2.05, 4.69) is 0 Å². The summed E-state index contributed by atoms with van der Waals surface area (Å²) >= 11 is 5.89. The lowest BCUT2D eigenvalue weighted by Gasteiger charge is -2.39. The van der Waals surface area contributed by atoms with Crippen LogP contribution in [0.2, 0.25) is 5.02 Å². The number of rotatable bonds is 4. The maximum Gasteiger partial charge on any atom is 0.245 e. The molecule has 0 bridgehead atoms. The van der Waals surface area contributed by atoms with E-state index in [-0.39, 0.29) is 37.0 Å². The molecule has 26 heavy (non-hydrogen) atoms. The maximum atomic E-state index is 14.0. The van der Waals surface area contributed by atoms with Gasteiger partial charge >= 0.3 is 0 Å². The molecule has 1 atom stereocenters. The molecule has 0 aliphatic carbocycles. The number of halogens is 3. The number of nitrogens with zero attached hydrogens (tertiary/aromatic N) is 2. The molecule has 1 aliphatic rings. The van der Waals surface area contributed by atoms with Crippen molar-refractivity contribution in [3.8, 4) is 0 Å². The van der Waals surface area contributed by atoms with Crippen molar-refractivity contribution in [3.05, 3.63) is 70.2 Å². The highest BCUT2D eigenvalue weighted by Gasteiger charge is 2.36. The molecule has 1 heterocycles. The van der Waals surface area contributed by atoms with Gasteiger partial charge in [0, 0.05) is 23.7 Å². The summed E-state index contributed by atoms with van der Waals surface area (Å²) in [4.78, 5) is 27.9. The molecule has 136 valence electrons. The van der Waals surface area contributed by atoms with Crippen molar-refractivity contribution in [2.75, 3.05) is 6.54 Å². The van der Waals surface area contributed by atoms with Crippen molar-refractivity contribution in [1.29, 1.82) is 0 Å². The Morgan fingerprint density at radius 3 is 2.62 bits per heavy atom. The Hall–Kier alpha value is -2.47. The van der Waals surface area contributed by atoms with Gasteiger partial charge in [-0.3, -0.25) is 9.59 Å². The lowest BCUT2D eigenvalue weighted by molar-refractivity contribution is -0.156. The Morgan fingerprint density at radius 1 is 1.12 bits per heavy atom. The number of hydrogen-bond acceptors (Lipinski definition) is 2. The molecule has 0 aromatic heterocycles. The minimum absolute atomic E-state index is 0.0358. The molecule has 2 amide bonds. The molecule has 1 fully saturated rings. The minimum Gasteiger partial charge on any atom is -0.327 e. The largest absolute Gasteiger partial charge is 0.327 e. The van der Waals surface area contributed by atoms with Crippen LogP contribution in [-0.2, 0) is 22.7 Å². The van der Waals surface area contributed by atoms with Crippen LogP contribution in [0.4, 0.5) is 8.78 Å². The van der Waals surface area contributed by atoms with E-state index in [4.69, 9.17) is 11.6 Å². The van der Waals surface area contributed by atoms with Crippen molar-refractivity contribution in [1.82, 2.24) is 9.80 Å². The first kappa shape index (κ1) is 18.3. The molecule has 2 aromatic rings. The van der Waals surface area contributed by atoms with Gasteiger partial charge in [-0.25, -0.2) is 8.78 Å². The summed E-state index contributed by atoms with van der Waals surface area (Å²) < 4.78 is 27.3. The van der Waals surface area contributed by atoms with Gasteiger partial charge in [-0.1, -0.05) is 23.7 Å². The molecule has 1 aliphatic heterocycles. The van der Waals surface area contributed by atoms with E-state index in [9.17, 15) is 18.4 Å². The van der Waals surface area contributed by atoms with Gasteiger partial charge in [0.15, 0.2) is 0 Å². The molecular formula is C19H17ClF2N2O2. The first-order valence-electron chi connectivity index (χ1n) is 8.12. The molecule has 7 heteroatoms. The summed E-state index contributed by atoms with van der Waals surface area (Å²) in [7, 11) is 0. The van der Waals surface area contributed by atoms with Crippen LogP contribution in [0.25, 0.3) is 0 Å². The average molecular weight is 379 g/mol. The Morgan fingerprint density at radius 2 is 1.88 bits per heavy atom. The van der Waals surface area contributed by atoms with E-state index in [0.717, 1.165) is 0 Å². The first-order valence-corrected chi connectivity index (χ1v) is 8.49. The standard InChI is InChI=1S/C19H17ClF2N2O2/c1-12-19(26)23(9-13-3-2-4-16(21)7-13)11-18(25)24(12)10-14-8-15(20)5-6-17(14)22/h2-8,12H,9-11H2,1H3/t12-/m0/s1. The van der Waals surface area contributed by atoms with Gasteiger partial charge in [-0.15, -0.1) is 0 Å². The maximum absolute atomic E-state index is 14.0. The van der Waals surface area contributed by atoms with Gasteiger partial charge < -0.3 is 9.80 Å². The van der Waals surface area contributed by atoms with Crippen LogP contribution in [0, 0.1) is 11.6 Å². The second-order valence-corrected chi connectivity index (χ2v) is 6.69. The minimum atomic E-state index is -0.747. The van der Waals surface area contributed by atoms with E-state index in [1.165, 1.54) is 40.1 Å². The number of benzene rings is 2. The molecule has 0 unspecified atom stereocenters. The smallest absolute Gasteiger partial charge is 0.245 e. The van der Waals surface area contributed by atoms with Crippen molar-refractivity contribution in [3.63, 3.8) is 0 Å². The Balaban J connectivity index is 1.75. The van der Waals surface area contributed by atoms with E-state index >= 15 is 0 Å². The number of carbonyl (C=O) groups is 2. The van der Waals surface area contributed by atoms with E-state index in [1.807, 2.05) is 0 Å². The number of amides is 2. The van der Waals surface area contributed by atoms with Gasteiger partial charge in [0.2, 0.25) is 11.8 Å². The van der Waals surface area contributed by atoms with E-state index < -0.39 is 17.7 Å². The predicted molar refractivity (Wildman–Crippen MR) is 93.2 cm³/mol. The van der Waals surface area contributed by atoms with Gasteiger partial charge in [-0.2, -0.15) is 0 Å². The topological polar surface area (TPSA) is 40.6 Å². The first-order chi connectivity index (χ1) is 12.3. The fraction of sp³-hybridized carbons (Fsp3) is 0.263. The fourth-order valence-corrected chi connectivity index (χ4v) is 3.20. The highest BCUT2D eigenvalue weighted by atomic mass is 35.5. The quantitative estimate of drug-likeness (QED) is 0.818. The molecule has 1 saturated heterocycles. The third kappa shape index (κ3) is 3.85. The third-order valence-electron chi connectivity index (χ3n) is 4.39. The lowest BCUT2D eigenvalue weighted by Crippen LogP contribution is -2.58. The summed E-state index contributed by atoms with van der Waals surface area (Å²) in [5.74, 6) is -1.45. The van der Waals surface area contributed by atoms with E-state index in [0.29, 0.717) is 10.6 Å². The Kier molecular flexibility index (Phi) is 5.23. The summed E-state index contributed by atoms with van der Waals surface area (Å²) in [6, 6.07) is 9.25. The molecule has 2 aromatic carbocycles. The van der Waals surface area contributed by atoms with E-state index in [1.54, 1.807) is 19.1 Å². The second-order valence-electron chi connectivity index (χ2n) is 6.26. The Bertz CT molecular complexity index is 859. The zero-order valence-electron chi connectivity index (χ0n) is 14.1. The molecule has 4 nitrogen and oxygen atoms in total. The zero-order chi connectivity index (χ0) is 18.8. The fourth-order valence-electron chi connectivity index (χ4n) is 3.01. The second kappa shape index (κ2) is 7.41. The molecular weight excluding hydrogens is 362 g/mol. The highest BCUT2D eigenvalue weighted by molar-refractivity contribution is 6.30. The normalized spacial score (nSPS) is 17.8. The monoisotopic (exact) mass is 378 g/mol. The van der Waals surface area contributed by atoms with Crippen molar-refractivity contribution in [2.45, 2.75) is 26.1 Å². The van der Waals surface area contributed by atoms with Crippen LogP contribution in [-0.4, -0.2) is 34.2 Å². The van der Waals surface area contributed by atoms with Crippen LogP contribution in [0.15, 0.2) is 42.5 Å². The van der Waals surface area contributed by atoms with Gasteiger partial charge in [0.25, 0.3) is 0 Å². The molecule has 3 rings (SSSR count). The predicted octanol–water partition coefficient (Wildman–Crippen LogP) is 3.38. The summed E-state index contributed by atoms with van der Waals surface area (Å²) in [6.45, 7) is 1.57. The average Bonchev–Trinajstić information content (AvgIpc) is 2.59. The highest BCUT2D eigenvalue weighted by Crippen LogP contribution is 2.22. The molecule has 0 saturated carbocycles. The van der Waals surface area contributed by atoms with Gasteiger partial charge in [0.05, 0.1) is 0 Å². The summed E-state index contributed by atoms with van der Waals surface area (Å²) in [5.41, 5.74) is 0.858. The number of piperazine rings is 1. The van der Waals surface area contributed by atoms with Crippen molar-refractivity contribution >= 4 is 23.4 Å². The van der Waals surface area contributed by atoms with Gasteiger partial charge in [0.1, 0.15) is 24.2 Å². The van der Waals surface area contributed by atoms with Crippen LogP contribution >= 0.6 is 11.6 Å². The summed E-state index contributed by atoms with van der Waals surface area (Å²) in [5, 5.41) is 0.359. The zero-order valence-corrected chi connectivity index (χ0v) is 14.8. The molecule has 0 spiro atoms. The van der Waals surface area contributed by atoms with Crippen LogP contribution in [0.1, 0.15) is 18.1 Å². The van der Waals surface area contributed by atoms with Crippen LogP contribution in [0.5, 0.6) is 0 Å². The van der Waals surface area contributed by atoms with Gasteiger partial charge in [-0.05, 0) is 42.8 Å². The third-order valence-corrected chi connectivity index (χ3v) is 4.63. The van der Waals surface area contributed by atoms with Crippen LogP contribution < -0.4 is 0 Å². The number of carbonyl (C=O) groups excluding carboxylic acids is 2. The van der Waals surface area contributed by atoms with Crippen LogP contribution in [0.3, 0.4) is 0 Å². The van der Waals surface area contributed by atoms with Crippen molar-refractivity contribution < 1.29 is 18.4 Å². The Labute approximate surface area is 155 Å². The number of hydrogen-bond donors (Lipinski definition) is 0.